The summed E-state index contributed by atoms with van der Waals surface area (Å²) in [5.74, 6) is 1.57. The first kappa shape index (κ1) is 13.2. The van der Waals surface area contributed by atoms with Gasteiger partial charge < -0.3 is 19.9 Å². The SMILES string of the molecule is CCCC(OC)C(N)c1ccc2c(c1)OCCO2. The van der Waals surface area contributed by atoms with Crippen molar-refractivity contribution in [1.29, 1.82) is 0 Å². The first-order chi connectivity index (χ1) is 8.76. The second-order valence-corrected chi connectivity index (χ2v) is 4.49. The van der Waals surface area contributed by atoms with Crippen molar-refractivity contribution in [2.75, 3.05) is 20.3 Å². The molecule has 0 spiro atoms. The van der Waals surface area contributed by atoms with E-state index in [2.05, 4.69) is 6.92 Å². The lowest BCUT2D eigenvalue weighted by molar-refractivity contribution is 0.0723. The first-order valence-corrected chi connectivity index (χ1v) is 6.44. The number of ether oxygens (including phenoxy) is 3. The lowest BCUT2D eigenvalue weighted by Crippen LogP contribution is -2.28. The van der Waals surface area contributed by atoms with Crippen molar-refractivity contribution < 1.29 is 14.2 Å². The fourth-order valence-corrected chi connectivity index (χ4v) is 2.21. The normalized spacial score (nSPS) is 17.3. The third-order valence-corrected chi connectivity index (χ3v) is 3.23. The Balaban J connectivity index is 2.17. The molecular weight excluding hydrogens is 230 g/mol. The lowest BCUT2D eigenvalue weighted by Gasteiger charge is -2.24. The molecule has 0 amide bonds. The van der Waals surface area contributed by atoms with E-state index in [1.165, 1.54) is 0 Å². The largest absolute Gasteiger partial charge is 0.486 e. The average Bonchev–Trinajstić information content (AvgIpc) is 2.43. The standard InChI is InChI=1S/C14H21NO3/c1-3-4-12(16-2)14(15)10-5-6-11-13(9-10)18-8-7-17-11/h5-6,9,12,14H,3-4,7-8,15H2,1-2H3. The van der Waals surface area contributed by atoms with Crippen molar-refractivity contribution in [2.45, 2.75) is 31.9 Å². The maximum Gasteiger partial charge on any atom is 0.161 e. The molecule has 1 heterocycles. The van der Waals surface area contributed by atoms with Crippen LogP contribution in [0.3, 0.4) is 0 Å². The fraction of sp³-hybridized carbons (Fsp3) is 0.571. The summed E-state index contributed by atoms with van der Waals surface area (Å²) in [7, 11) is 1.71. The zero-order valence-electron chi connectivity index (χ0n) is 11.0. The second kappa shape index (κ2) is 6.07. The predicted octanol–water partition coefficient (Wildman–Crippen LogP) is 2.27. The molecule has 18 heavy (non-hydrogen) atoms. The number of benzene rings is 1. The highest BCUT2D eigenvalue weighted by atomic mass is 16.6. The molecule has 2 N–H and O–H groups in total. The summed E-state index contributed by atoms with van der Waals surface area (Å²) >= 11 is 0. The Morgan fingerprint density at radius 1 is 1.28 bits per heavy atom. The van der Waals surface area contributed by atoms with Gasteiger partial charge in [0.15, 0.2) is 11.5 Å². The minimum Gasteiger partial charge on any atom is -0.486 e. The van der Waals surface area contributed by atoms with E-state index < -0.39 is 0 Å². The molecule has 0 saturated carbocycles. The van der Waals surface area contributed by atoms with Crippen LogP contribution < -0.4 is 15.2 Å². The van der Waals surface area contributed by atoms with Crippen molar-refractivity contribution in [3.8, 4) is 11.5 Å². The van der Waals surface area contributed by atoms with Gasteiger partial charge in [0.1, 0.15) is 13.2 Å². The van der Waals surface area contributed by atoms with E-state index in [-0.39, 0.29) is 12.1 Å². The average molecular weight is 251 g/mol. The quantitative estimate of drug-likeness (QED) is 0.872. The Bertz CT molecular complexity index is 395. The molecule has 0 radical (unpaired) electrons. The molecule has 0 fully saturated rings. The van der Waals surface area contributed by atoms with E-state index in [1.807, 2.05) is 18.2 Å². The molecule has 1 aromatic carbocycles. The molecule has 2 atom stereocenters. The molecule has 0 aromatic heterocycles. The van der Waals surface area contributed by atoms with Crippen LogP contribution in [0.25, 0.3) is 0 Å². The van der Waals surface area contributed by atoms with Gasteiger partial charge in [-0.2, -0.15) is 0 Å². The maximum absolute atomic E-state index is 6.25. The zero-order valence-corrected chi connectivity index (χ0v) is 11.0. The molecular formula is C14H21NO3. The maximum atomic E-state index is 6.25. The monoisotopic (exact) mass is 251 g/mol. The minimum absolute atomic E-state index is 0.0394. The lowest BCUT2D eigenvalue weighted by atomic mass is 9.98. The van der Waals surface area contributed by atoms with Crippen LogP contribution >= 0.6 is 0 Å². The molecule has 0 bridgehead atoms. The van der Waals surface area contributed by atoms with Crippen LogP contribution in [0, 0.1) is 0 Å². The molecule has 2 rings (SSSR count). The predicted molar refractivity (Wildman–Crippen MR) is 70.1 cm³/mol. The van der Waals surface area contributed by atoms with Gasteiger partial charge in [-0.3, -0.25) is 0 Å². The summed E-state index contributed by atoms with van der Waals surface area (Å²) in [6.07, 6.45) is 2.04. The van der Waals surface area contributed by atoms with Crippen LogP contribution in [0.1, 0.15) is 31.4 Å². The van der Waals surface area contributed by atoms with E-state index >= 15 is 0 Å². The van der Waals surface area contributed by atoms with Crippen LogP contribution in [-0.2, 0) is 4.74 Å². The summed E-state index contributed by atoms with van der Waals surface area (Å²) in [5, 5.41) is 0. The van der Waals surface area contributed by atoms with Gasteiger partial charge in [-0.05, 0) is 24.1 Å². The molecule has 2 unspecified atom stereocenters. The van der Waals surface area contributed by atoms with Gasteiger partial charge in [-0.15, -0.1) is 0 Å². The van der Waals surface area contributed by atoms with Gasteiger partial charge in [-0.25, -0.2) is 0 Å². The van der Waals surface area contributed by atoms with E-state index in [4.69, 9.17) is 19.9 Å². The molecule has 4 heteroatoms. The van der Waals surface area contributed by atoms with Gasteiger partial charge in [-0.1, -0.05) is 19.4 Å². The molecule has 4 nitrogen and oxygen atoms in total. The fourth-order valence-electron chi connectivity index (χ4n) is 2.21. The van der Waals surface area contributed by atoms with Crippen LogP contribution in [0.15, 0.2) is 18.2 Å². The van der Waals surface area contributed by atoms with Crippen molar-refractivity contribution in [3.05, 3.63) is 23.8 Å². The Labute approximate surface area is 108 Å². The summed E-state index contributed by atoms with van der Waals surface area (Å²) in [6.45, 7) is 3.33. The van der Waals surface area contributed by atoms with Crippen LogP contribution in [0.2, 0.25) is 0 Å². The third kappa shape index (κ3) is 2.76. The van der Waals surface area contributed by atoms with Gasteiger partial charge >= 0.3 is 0 Å². The number of methoxy groups -OCH3 is 1. The van der Waals surface area contributed by atoms with Gasteiger partial charge in [0.05, 0.1) is 12.1 Å². The smallest absolute Gasteiger partial charge is 0.161 e. The summed E-state index contributed by atoms with van der Waals surface area (Å²) in [6, 6.07) is 5.73. The molecule has 100 valence electrons. The van der Waals surface area contributed by atoms with Gasteiger partial charge in [0.25, 0.3) is 0 Å². The molecule has 1 aliphatic heterocycles. The Morgan fingerprint density at radius 2 is 2.00 bits per heavy atom. The number of nitrogens with two attached hydrogens (primary N) is 1. The van der Waals surface area contributed by atoms with E-state index in [0.717, 1.165) is 29.9 Å². The Morgan fingerprint density at radius 3 is 2.67 bits per heavy atom. The molecule has 0 aliphatic carbocycles. The van der Waals surface area contributed by atoms with Crippen LogP contribution in [0.4, 0.5) is 0 Å². The summed E-state index contributed by atoms with van der Waals surface area (Å²) in [5.41, 5.74) is 7.27. The summed E-state index contributed by atoms with van der Waals surface area (Å²) < 4.78 is 16.5. The van der Waals surface area contributed by atoms with Crippen molar-refractivity contribution in [1.82, 2.24) is 0 Å². The van der Waals surface area contributed by atoms with E-state index in [9.17, 15) is 0 Å². The molecule has 1 aromatic rings. The highest BCUT2D eigenvalue weighted by molar-refractivity contribution is 5.44. The van der Waals surface area contributed by atoms with Crippen LogP contribution in [0.5, 0.6) is 11.5 Å². The molecule has 0 saturated heterocycles. The second-order valence-electron chi connectivity index (χ2n) is 4.49. The molecule has 1 aliphatic rings. The number of hydrogen-bond donors (Lipinski definition) is 1. The first-order valence-electron chi connectivity index (χ1n) is 6.44. The number of fused-ring (bicyclic) bond motifs is 1. The van der Waals surface area contributed by atoms with E-state index in [0.29, 0.717) is 13.2 Å². The third-order valence-electron chi connectivity index (χ3n) is 3.23. The highest BCUT2D eigenvalue weighted by Gasteiger charge is 2.20. The van der Waals surface area contributed by atoms with Crippen LogP contribution in [-0.4, -0.2) is 26.4 Å². The Kier molecular flexibility index (Phi) is 4.44. The zero-order chi connectivity index (χ0) is 13.0. The Hall–Kier alpha value is -1.26. The number of rotatable bonds is 5. The van der Waals surface area contributed by atoms with Crippen molar-refractivity contribution in [3.63, 3.8) is 0 Å². The van der Waals surface area contributed by atoms with Gasteiger partial charge in [0.2, 0.25) is 0 Å². The van der Waals surface area contributed by atoms with Gasteiger partial charge in [0, 0.05) is 7.11 Å². The van der Waals surface area contributed by atoms with E-state index in [1.54, 1.807) is 7.11 Å². The van der Waals surface area contributed by atoms with Crippen molar-refractivity contribution >= 4 is 0 Å². The minimum atomic E-state index is -0.134. The topological polar surface area (TPSA) is 53.7 Å². The van der Waals surface area contributed by atoms with Crippen molar-refractivity contribution in [2.24, 2.45) is 5.73 Å². The summed E-state index contributed by atoms with van der Waals surface area (Å²) in [4.78, 5) is 0. The number of hydrogen-bond acceptors (Lipinski definition) is 4. The highest BCUT2D eigenvalue weighted by Crippen LogP contribution is 2.33.